The highest BCUT2D eigenvalue weighted by Gasteiger charge is 2.10. The van der Waals surface area contributed by atoms with Crippen LogP contribution in [0.4, 0.5) is 10.6 Å². The van der Waals surface area contributed by atoms with Crippen LogP contribution >= 0.6 is 15.9 Å². The maximum Gasteiger partial charge on any atom is 0.322 e. The van der Waals surface area contributed by atoms with Gasteiger partial charge in [-0.3, -0.25) is 5.32 Å². The van der Waals surface area contributed by atoms with Gasteiger partial charge in [0.25, 0.3) is 0 Å². The minimum Gasteiger partial charge on any atom is -0.325 e. The van der Waals surface area contributed by atoms with Crippen molar-refractivity contribution in [3.63, 3.8) is 0 Å². The Morgan fingerprint density at radius 1 is 1.50 bits per heavy atom. The molecule has 5 heteroatoms. The van der Waals surface area contributed by atoms with E-state index in [1.165, 1.54) is 0 Å². The first-order valence-electron chi connectivity index (χ1n) is 5.26. The lowest BCUT2D eigenvalue weighted by atomic mass is 10.3. The Morgan fingerprint density at radius 2 is 2.12 bits per heavy atom. The Hall–Kier alpha value is -1.10. The van der Waals surface area contributed by atoms with Gasteiger partial charge in [0.2, 0.25) is 0 Å². The topological polar surface area (TPSA) is 45.2 Å². The molecule has 0 aliphatic heterocycles. The molecule has 0 unspecified atom stereocenters. The molecule has 1 N–H and O–H groups in total. The lowest BCUT2D eigenvalue weighted by Crippen LogP contribution is -2.34. The third kappa shape index (κ3) is 3.20. The van der Waals surface area contributed by atoms with Crippen molar-refractivity contribution in [1.29, 1.82) is 0 Å². The third-order valence-corrected chi connectivity index (χ3v) is 3.16. The number of hydrogen-bond acceptors (Lipinski definition) is 2. The van der Waals surface area contributed by atoms with Crippen molar-refractivity contribution >= 4 is 27.8 Å². The first-order chi connectivity index (χ1) is 7.58. The summed E-state index contributed by atoms with van der Waals surface area (Å²) in [5.41, 5.74) is 1.05. The molecule has 88 valence electrons. The van der Waals surface area contributed by atoms with Gasteiger partial charge in [-0.2, -0.15) is 0 Å². The summed E-state index contributed by atoms with van der Waals surface area (Å²) in [6.07, 6.45) is 1.69. The van der Waals surface area contributed by atoms with Crippen LogP contribution in [-0.2, 0) is 0 Å². The normalized spacial score (nSPS) is 10.0. The van der Waals surface area contributed by atoms with Crippen LogP contribution in [0.2, 0.25) is 0 Å². The Morgan fingerprint density at radius 3 is 2.62 bits per heavy atom. The van der Waals surface area contributed by atoms with Crippen molar-refractivity contribution in [3.05, 3.63) is 22.3 Å². The zero-order valence-electron chi connectivity index (χ0n) is 9.75. The standard InChI is InChI=1S/C11H16BrN3O/c1-4-15(5-2)11(16)14-10-6-8(3)9(12)7-13-10/h6-7H,4-5H2,1-3H3,(H,13,14,16). The number of nitrogens with one attached hydrogen (secondary N) is 1. The van der Waals surface area contributed by atoms with Gasteiger partial charge in [0, 0.05) is 23.8 Å². The Kier molecular flexibility index (Phi) is 4.73. The number of aryl methyl sites for hydroxylation is 1. The van der Waals surface area contributed by atoms with E-state index in [1.54, 1.807) is 11.1 Å². The van der Waals surface area contributed by atoms with Gasteiger partial charge >= 0.3 is 6.03 Å². The fourth-order valence-corrected chi connectivity index (χ4v) is 1.52. The molecule has 0 atom stereocenters. The summed E-state index contributed by atoms with van der Waals surface area (Å²) in [5, 5.41) is 2.77. The van der Waals surface area contributed by atoms with Gasteiger partial charge in [-0.05, 0) is 48.3 Å². The zero-order chi connectivity index (χ0) is 12.1. The van der Waals surface area contributed by atoms with Crippen LogP contribution in [0.5, 0.6) is 0 Å². The molecule has 0 aliphatic rings. The second-order valence-electron chi connectivity index (χ2n) is 3.42. The van der Waals surface area contributed by atoms with Gasteiger partial charge in [-0.25, -0.2) is 9.78 Å². The fraction of sp³-hybridized carbons (Fsp3) is 0.455. The number of rotatable bonds is 3. The van der Waals surface area contributed by atoms with Crippen LogP contribution in [-0.4, -0.2) is 29.0 Å². The molecule has 0 spiro atoms. The smallest absolute Gasteiger partial charge is 0.322 e. The SMILES string of the molecule is CCN(CC)C(=O)Nc1cc(C)c(Br)cn1. The number of anilines is 1. The van der Waals surface area contributed by atoms with Crippen molar-refractivity contribution in [2.75, 3.05) is 18.4 Å². The highest BCUT2D eigenvalue weighted by Crippen LogP contribution is 2.17. The Bertz CT molecular complexity index is 377. The Balaban J connectivity index is 2.73. The molecule has 0 radical (unpaired) electrons. The first-order valence-corrected chi connectivity index (χ1v) is 6.05. The number of urea groups is 1. The molecule has 4 nitrogen and oxygen atoms in total. The number of aromatic nitrogens is 1. The molecule has 2 amide bonds. The number of pyridine rings is 1. The average Bonchev–Trinajstić information content (AvgIpc) is 2.25. The van der Waals surface area contributed by atoms with Crippen LogP contribution < -0.4 is 5.32 Å². The molecule has 1 aromatic rings. The summed E-state index contributed by atoms with van der Waals surface area (Å²) >= 11 is 3.37. The minimum atomic E-state index is -0.112. The van der Waals surface area contributed by atoms with Crippen molar-refractivity contribution in [3.8, 4) is 0 Å². The van der Waals surface area contributed by atoms with E-state index in [2.05, 4.69) is 26.2 Å². The van der Waals surface area contributed by atoms with Crippen molar-refractivity contribution in [2.45, 2.75) is 20.8 Å². The van der Waals surface area contributed by atoms with Crippen LogP contribution in [0.3, 0.4) is 0 Å². The molecule has 0 bridgehead atoms. The van der Waals surface area contributed by atoms with E-state index < -0.39 is 0 Å². The van der Waals surface area contributed by atoms with E-state index in [4.69, 9.17) is 0 Å². The minimum absolute atomic E-state index is 0.112. The summed E-state index contributed by atoms with van der Waals surface area (Å²) in [5.74, 6) is 0.581. The van der Waals surface area contributed by atoms with Gasteiger partial charge in [0.15, 0.2) is 0 Å². The highest BCUT2D eigenvalue weighted by molar-refractivity contribution is 9.10. The van der Waals surface area contributed by atoms with E-state index in [1.807, 2.05) is 26.8 Å². The maximum absolute atomic E-state index is 11.7. The van der Waals surface area contributed by atoms with E-state index in [0.29, 0.717) is 18.9 Å². The molecule has 0 saturated carbocycles. The van der Waals surface area contributed by atoms with Crippen LogP contribution in [0, 0.1) is 6.92 Å². The fourth-order valence-electron chi connectivity index (χ4n) is 1.31. The summed E-state index contributed by atoms with van der Waals surface area (Å²) in [6.45, 7) is 7.24. The lowest BCUT2D eigenvalue weighted by Gasteiger charge is -2.18. The quantitative estimate of drug-likeness (QED) is 0.928. The molecule has 0 saturated heterocycles. The van der Waals surface area contributed by atoms with Crippen LogP contribution in [0.25, 0.3) is 0 Å². The Labute approximate surface area is 104 Å². The number of nitrogens with zero attached hydrogens (tertiary/aromatic N) is 2. The summed E-state index contributed by atoms with van der Waals surface area (Å²) in [6, 6.07) is 1.73. The lowest BCUT2D eigenvalue weighted by molar-refractivity contribution is 0.217. The zero-order valence-corrected chi connectivity index (χ0v) is 11.3. The molecule has 1 aromatic heterocycles. The van der Waals surface area contributed by atoms with Crippen molar-refractivity contribution < 1.29 is 4.79 Å². The summed E-state index contributed by atoms with van der Waals surface area (Å²) < 4.78 is 0.938. The molecule has 0 aliphatic carbocycles. The number of hydrogen-bond donors (Lipinski definition) is 1. The van der Waals surface area contributed by atoms with E-state index >= 15 is 0 Å². The average molecular weight is 286 g/mol. The van der Waals surface area contributed by atoms with Crippen molar-refractivity contribution in [1.82, 2.24) is 9.88 Å². The van der Waals surface area contributed by atoms with E-state index in [0.717, 1.165) is 10.0 Å². The molecule has 1 rings (SSSR count). The van der Waals surface area contributed by atoms with Crippen molar-refractivity contribution in [2.24, 2.45) is 0 Å². The highest BCUT2D eigenvalue weighted by atomic mass is 79.9. The maximum atomic E-state index is 11.7. The molecule has 0 fully saturated rings. The van der Waals surface area contributed by atoms with Gasteiger partial charge in [-0.1, -0.05) is 0 Å². The van der Waals surface area contributed by atoms with E-state index in [9.17, 15) is 4.79 Å². The van der Waals surface area contributed by atoms with Crippen LogP contribution in [0.1, 0.15) is 19.4 Å². The van der Waals surface area contributed by atoms with E-state index in [-0.39, 0.29) is 6.03 Å². The van der Waals surface area contributed by atoms with Gasteiger partial charge in [0.1, 0.15) is 5.82 Å². The second-order valence-corrected chi connectivity index (χ2v) is 4.28. The number of carbonyl (C=O) groups excluding carboxylic acids is 1. The molecular formula is C11H16BrN3O. The number of carbonyl (C=O) groups is 1. The monoisotopic (exact) mass is 285 g/mol. The first kappa shape index (κ1) is 13.0. The third-order valence-electron chi connectivity index (χ3n) is 2.33. The predicted molar refractivity (Wildman–Crippen MR) is 68.6 cm³/mol. The number of halogens is 1. The van der Waals surface area contributed by atoms with Gasteiger partial charge in [-0.15, -0.1) is 0 Å². The molecule has 1 heterocycles. The summed E-state index contributed by atoms with van der Waals surface area (Å²) in [7, 11) is 0. The molecule has 16 heavy (non-hydrogen) atoms. The second kappa shape index (κ2) is 5.84. The summed E-state index contributed by atoms with van der Waals surface area (Å²) in [4.78, 5) is 17.6. The van der Waals surface area contributed by atoms with Crippen LogP contribution in [0.15, 0.2) is 16.7 Å². The predicted octanol–water partition coefficient (Wildman–Crippen LogP) is 3.03. The molecular weight excluding hydrogens is 270 g/mol. The molecule has 0 aromatic carbocycles. The van der Waals surface area contributed by atoms with Gasteiger partial charge < -0.3 is 4.90 Å². The van der Waals surface area contributed by atoms with Gasteiger partial charge in [0.05, 0.1) is 0 Å². The number of amides is 2. The largest absolute Gasteiger partial charge is 0.325 e.